The summed E-state index contributed by atoms with van der Waals surface area (Å²) < 4.78 is 14.2. The second-order valence-corrected chi connectivity index (χ2v) is 19.9. The van der Waals surface area contributed by atoms with Crippen molar-refractivity contribution >= 4 is 65.7 Å². The van der Waals surface area contributed by atoms with Gasteiger partial charge in [0.2, 0.25) is 0 Å². The molecule has 0 atom stereocenters. The number of benzene rings is 6. The molecule has 1 aliphatic carbocycles. The number of pyridine rings is 3. The zero-order valence-electron chi connectivity index (χ0n) is 43.1. The molecule has 358 valence electrons. The van der Waals surface area contributed by atoms with Crippen LogP contribution in [-0.4, -0.2) is 28.7 Å². The Morgan fingerprint density at radius 3 is 1.75 bits per heavy atom. The van der Waals surface area contributed by atoms with Gasteiger partial charge in [0.15, 0.2) is 33.1 Å². The second-order valence-electron chi connectivity index (χ2n) is 19.9. The summed E-state index contributed by atoms with van der Waals surface area (Å²) in [6, 6.07) is 50.3. The fourth-order valence-corrected chi connectivity index (χ4v) is 11.8. The van der Waals surface area contributed by atoms with Crippen LogP contribution in [0.3, 0.4) is 0 Å². The van der Waals surface area contributed by atoms with E-state index < -0.39 is 0 Å². The average molecular weight is 947 g/mol. The summed E-state index contributed by atoms with van der Waals surface area (Å²) in [7, 11) is 8.61. The van der Waals surface area contributed by atoms with Crippen molar-refractivity contribution < 1.29 is 13.7 Å². The smallest absolute Gasteiger partial charge is 0.264 e. The number of imidazole rings is 3. The van der Waals surface area contributed by atoms with E-state index in [4.69, 9.17) is 4.98 Å². The van der Waals surface area contributed by atoms with E-state index in [1.165, 1.54) is 131 Å². The first-order chi connectivity index (χ1) is 35.0. The van der Waals surface area contributed by atoms with Crippen molar-refractivity contribution in [3.05, 3.63) is 181 Å². The highest BCUT2D eigenvalue weighted by molar-refractivity contribution is 5.92. The molecule has 9 heteroatoms. The van der Waals surface area contributed by atoms with E-state index in [2.05, 4.69) is 240 Å². The minimum atomic E-state index is 0.384. The molecule has 0 saturated heterocycles. The van der Waals surface area contributed by atoms with Gasteiger partial charge in [0, 0.05) is 40.9 Å². The van der Waals surface area contributed by atoms with E-state index in [0.29, 0.717) is 12.1 Å². The maximum atomic E-state index is 4.77. The molecule has 6 aromatic carbocycles. The Morgan fingerprint density at radius 1 is 0.486 bits per heavy atom. The molecule has 0 aliphatic heterocycles. The van der Waals surface area contributed by atoms with E-state index in [1.807, 2.05) is 24.7 Å². The third-order valence-electron chi connectivity index (χ3n) is 15.5. The van der Waals surface area contributed by atoms with E-state index >= 15 is 0 Å². The molecule has 6 heterocycles. The van der Waals surface area contributed by atoms with Crippen LogP contribution in [0.1, 0.15) is 68.3 Å². The molecule has 0 spiro atoms. The summed E-state index contributed by atoms with van der Waals surface area (Å²) in [5.74, 6) is 3.75. The van der Waals surface area contributed by atoms with E-state index in [0.717, 1.165) is 11.0 Å². The van der Waals surface area contributed by atoms with Crippen LogP contribution in [0.5, 0.6) is 0 Å². The monoisotopic (exact) mass is 947 g/mol. The van der Waals surface area contributed by atoms with Crippen molar-refractivity contribution in [2.45, 2.75) is 72.4 Å². The largest absolute Gasteiger partial charge is 0.291 e. The van der Waals surface area contributed by atoms with Gasteiger partial charge in [-0.2, -0.15) is 0 Å². The maximum absolute atomic E-state index is 4.77. The van der Waals surface area contributed by atoms with E-state index in [9.17, 15) is 0 Å². The summed E-state index contributed by atoms with van der Waals surface area (Å²) in [6.07, 6.45) is 12.9. The number of rotatable bonds is 5. The molecule has 9 nitrogen and oxygen atoms in total. The van der Waals surface area contributed by atoms with Gasteiger partial charge in [0.1, 0.15) is 6.04 Å². The Morgan fingerprint density at radius 2 is 1.03 bits per heavy atom. The lowest BCUT2D eigenvalue weighted by molar-refractivity contribution is -0.634. The van der Waals surface area contributed by atoms with Crippen LogP contribution >= 0.6 is 0 Å². The minimum absolute atomic E-state index is 0.384. The Kier molecular flexibility index (Phi) is 12.2. The van der Waals surface area contributed by atoms with Gasteiger partial charge in [-0.25, -0.2) is 27.4 Å². The molecule has 0 bridgehead atoms. The highest BCUT2D eigenvalue weighted by Crippen LogP contribution is 2.38. The van der Waals surface area contributed by atoms with Crippen LogP contribution < -0.4 is 13.7 Å². The van der Waals surface area contributed by atoms with Gasteiger partial charge in [-0.3, -0.25) is 15.0 Å². The van der Waals surface area contributed by atoms with Crippen LogP contribution in [0, 0.1) is 20.8 Å². The molecular formula is C63H64N9+3. The number of aromatic nitrogens is 9. The number of fused-ring (bicyclic) bond motifs is 6. The van der Waals surface area contributed by atoms with Crippen LogP contribution in [-0.2, 0) is 28.2 Å². The fourth-order valence-electron chi connectivity index (χ4n) is 11.8. The Labute approximate surface area is 421 Å². The standard InChI is InChI=1S/C23H24N3.C21H22N3.C19H18N3/c1-16-18-11-5-6-12-20(18)24-15-19(16)23-25(2)21-13-7-8-14-22(21)26(23)17-9-3-4-10-17;1-14(2)24-20-10-6-5-9-19(20)23(4)21(24)17-11-12-18-16(15(17)3)8-7-13-22-18;1-13-15-10-11-20-12-14(15)8-9-16(13)19-21(2)17-6-4-5-7-18(17)22(19)3/h5-8,11-15,17H,3-4,9-10H2,1-2H3;5-14H,1-4H3;4-12H,1-3H3/q3*+1. The third-order valence-corrected chi connectivity index (χ3v) is 15.5. The Bertz CT molecular complexity index is 3970. The number of hydrogen-bond acceptors (Lipinski definition) is 3. The van der Waals surface area contributed by atoms with Crippen LogP contribution in [0.15, 0.2) is 164 Å². The number of para-hydroxylation sites is 7. The Balaban J connectivity index is 0.000000117. The zero-order chi connectivity index (χ0) is 49.8. The highest BCUT2D eigenvalue weighted by Gasteiger charge is 2.33. The quantitative estimate of drug-likeness (QED) is 0.162. The summed E-state index contributed by atoms with van der Waals surface area (Å²) in [4.78, 5) is 13.5. The molecule has 0 amide bonds. The lowest BCUT2D eigenvalue weighted by atomic mass is 10.0. The third kappa shape index (κ3) is 7.79. The van der Waals surface area contributed by atoms with Gasteiger partial charge in [-0.15, -0.1) is 0 Å². The van der Waals surface area contributed by atoms with Crippen molar-refractivity contribution in [3.63, 3.8) is 0 Å². The first-order valence-corrected chi connectivity index (χ1v) is 25.5. The molecule has 0 radical (unpaired) electrons. The highest BCUT2D eigenvalue weighted by atomic mass is 15.2. The van der Waals surface area contributed by atoms with Gasteiger partial charge >= 0.3 is 0 Å². The van der Waals surface area contributed by atoms with E-state index in [-0.39, 0.29) is 0 Å². The average Bonchev–Trinajstić information content (AvgIpc) is 4.18. The predicted octanol–water partition coefficient (Wildman–Crippen LogP) is 13.2. The predicted molar refractivity (Wildman–Crippen MR) is 295 cm³/mol. The van der Waals surface area contributed by atoms with Gasteiger partial charge in [0.25, 0.3) is 17.5 Å². The SMILES string of the molecule is Cc1c(-c2n(C(C)C)c3ccccc3[n+]2C)ccc2ncccc12.Cc1c(-c2n(C)c3ccccc3[n+]2C)ccc2cnccc12.Cc1c(-c2n(C3CCCC3)c3ccccc3[n+]2C)cnc2ccccc12. The van der Waals surface area contributed by atoms with Crippen molar-refractivity contribution in [1.82, 2.24) is 28.7 Å². The van der Waals surface area contributed by atoms with Crippen LogP contribution in [0.4, 0.5) is 0 Å². The van der Waals surface area contributed by atoms with Crippen molar-refractivity contribution in [3.8, 4) is 34.2 Å². The molecule has 1 fully saturated rings. The molecule has 6 aromatic heterocycles. The summed E-state index contributed by atoms with van der Waals surface area (Å²) in [5, 5.41) is 4.91. The first-order valence-electron chi connectivity index (χ1n) is 25.5. The lowest BCUT2D eigenvalue weighted by Gasteiger charge is -2.12. The molecule has 1 saturated carbocycles. The number of aryl methyl sites for hydroxylation is 7. The molecule has 0 unspecified atom stereocenters. The van der Waals surface area contributed by atoms with Gasteiger partial charge in [0.05, 0.1) is 62.0 Å². The van der Waals surface area contributed by atoms with Gasteiger partial charge in [-0.05, 0) is 155 Å². The minimum Gasteiger partial charge on any atom is -0.264 e. The van der Waals surface area contributed by atoms with Crippen molar-refractivity contribution in [2.75, 3.05) is 0 Å². The number of nitrogens with zero attached hydrogens (tertiary/aromatic N) is 9. The molecule has 0 N–H and O–H groups in total. The first kappa shape index (κ1) is 46.3. The maximum Gasteiger partial charge on any atom is 0.291 e. The van der Waals surface area contributed by atoms with Gasteiger partial charge in [-0.1, -0.05) is 66.7 Å². The van der Waals surface area contributed by atoms with Gasteiger partial charge < -0.3 is 0 Å². The fraction of sp³-hybridized carbons (Fsp3) is 0.238. The summed E-state index contributed by atoms with van der Waals surface area (Å²) in [5.41, 5.74) is 17.4. The zero-order valence-corrected chi connectivity index (χ0v) is 43.1. The van der Waals surface area contributed by atoms with Crippen LogP contribution in [0.2, 0.25) is 0 Å². The molecule has 12 aromatic rings. The van der Waals surface area contributed by atoms with Crippen LogP contribution in [0.25, 0.3) is 99.8 Å². The summed E-state index contributed by atoms with van der Waals surface area (Å²) >= 11 is 0. The van der Waals surface area contributed by atoms with E-state index in [1.54, 1.807) is 0 Å². The van der Waals surface area contributed by atoms with Crippen molar-refractivity contribution in [1.29, 1.82) is 0 Å². The topological polar surface area (TPSA) is 65.1 Å². The molecule has 13 rings (SSSR count). The Hall–Kier alpha value is -8.04. The second kappa shape index (κ2) is 18.9. The van der Waals surface area contributed by atoms with Crippen molar-refractivity contribution in [2.24, 2.45) is 28.2 Å². The number of hydrogen-bond donors (Lipinski definition) is 0. The molecule has 1 aliphatic rings. The normalized spacial score (nSPS) is 12.9. The molecular weight excluding hydrogens is 883 g/mol. The lowest BCUT2D eigenvalue weighted by Crippen LogP contribution is -2.31. The summed E-state index contributed by atoms with van der Waals surface area (Å²) in [6.45, 7) is 11.1. The molecule has 72 heavy (non-hydrogen) atoms.